The van der Waals surface area contributed by atoms with E-state index < -0.39 is 10.9 Å². The number of hydrogen-bond donors (Lipinski definition) is 1. The summed E-state index contributed by atoms with van der Waals surface area (Å²) >= 11 is 2.15. The molecule has 0 unspecified atom stereocenters. The van der Waals surface area contributed by atoms with Crippen molar-refractivity contribution in [2.24, 2.45) is 0 Å². The molecule has 0 aliphatic rings. The van der Waals surface area contributed by atoms with E-state index in [2.05, 4.69) is 9.36 Å². The van der Waals surface area contributed by atoms with Crippen molar-refractivity contribution in [1.82, 2.24) is 9.36 Å². The Morgan fingerprint density at radius 2 is 2.26 bits per heavy atom. The number of nitro benzene ring substituents is 1. The molecule has 1 N–H and O–H groups in total. The van der Waals surface area contributed by atoms with E-state index >= 15 is 0 Å². The normalized spacial score (nSPS) is 10.4. The molecule has 1 aromatic carbocycles. The first kappa shape index (κ1) is 13.4. The minimum absolute atomic E-state index is 0.00524. The van der Waals surface area contributed by atoms with Crippen molar-refractivity contribution >= 4 is 35.0 Å². The number of carbonyl (C=O) groups is 1. The molecule has 0 radical (unpaired) electrons. The van der Waals surface area contributed by atoms with Crippen molar-refractivity contribution in [3.05, 3.63) is 39.7 Å². The van der Waals surface area contributed by atoms with Gasteiger partial charge in [-0.05, 0) is 30.6 Å². The van der Waals surface area contributed by atoms with Crippen LogP contribution >= 0.6 is 23.3 Å². The van der Waals surface area contributed by atoms with Crippen LogP contribution in [0.15, 0.2) is 27.4 Å². The number of rotatable bonds is 4. The maximum atomic E-state index is 10.9. The molecule has 2 rings (SSSR count). The molecule has 0 saturated heterocycles. The number of nitro groups is 1. The van der Waals surface area contributed by atoms with E-state index in [1.807, 2.05) is 0 Å². The third kappa shape index (κ3) is 3.06. The van der Waals surface area contributed by atoms with Crippen LogP contribution in [0.4, 0.5) is 5.69 Å². The second kappa shape index (κ2) is 5.33. The smallest absolute Gasteiger partial charge is 0.335 e. The van der Waals surface area contributed by atoms with Crippen molar-refractivity contribution in [2.75, 3.05) is 0 Å². The molecule has 0 aliphatic carbocycles. The molecule has 0 atom stereocenters. The molecule has 0 saturated carbocycles. The molecule has 0 spiro atoms. The van der Waals surface area contributed by atoms with Gasteiger partial charge >= 0.3 is 5.97 Å². The first-order valence-electron chi connectivity index (χ1n) is 4.97. The lowest BCUT2D eigenvalue weighted by Crippen LogP contribution is -1.98. The number of aryl methyl sites for hydroxylation is 1. The third-order valence-corrected chi connectivity index (χ3v) is 4.00. The van der Waals surface area contributed by atoms with Crippen LogP contribution in [0.1, 0.15) is 16.2 Å². The Morgan fingerprint density at radius 1 is 1.53 bits per heavy atom. The summed E-state index contributed by atoms with van der Waals surface area (Å²) in [5, 5.41) is 19.8. The molecule has 0 bridgehead atoms. The minimum Gasteiger partial charge on any atom is -0.478 e. The standard InChI is InChI=1S/C10H7N3O4S2/c1-5-11-10(19-12-5)18-8-4-6(9(14)15)2-3-7(8)13(16)17/h2-4H,1H3,(H,14,15). The summed E-state index contributed by atoms with van der Waals surface area (Å²) in [4.78, 5) is 25.6. The Morgan fingerprint density at radius 3 is 2.79 bits per heavy atom. The lowest BCUT2D eigenvalue weighted by Gasteiger charge is -2.01. The number of hydrogen-bond acceptors (Lipinski definition) is 7. The zero-order valence-electron chi connectivity index (χ0n) is 9.56. The fourth-order valence-electron chi connectivity index (χ4n) is 1.29. The average molecular weight is 297 g/mol. The molecule has 0 amide bonds. The molecular weight excluding hydrogens is 290 g/mol. The van der Waals surface area contributed by atoms with Crippen LogP contribution in [0.2, 0.25) is 0 Å². The van der Waals surface area contributed by atoms with E-state index in [1.165, 1.54) is 18.2 Å². The van der Waals surface area contributed by atoms with Gasteiger partial charge in [0.05, 0.1) is 15.4 Å². The summed E-state index contributed by atoms with van der Waals surface area (Å²) in [7, 11) is 0. The molecule has 0 aliphatic heterocycles. The first-order chi connectivity index (χ1) is 8.97. The van der Waals surface area contributed by atoms with Crippen molar-refractivity contribution in [3.8, 4) is 0 Å². The number of benzene rings is 1. The van der Waals surface area contributed by atoms with E-state index in [0.717, 1.165) is 23.3 Å². The van der Waals surface area contributed by atoms with Gasteiger partial charge in [-0.1, -0.05) is 11.8 Å². The Bertz CT molecular complexity index is 656. The lowest BCUT2D eigenvalue weighted by atomic mass is 10.2. The number of carboxylic acid groups (broad SMARTS) is 1. The van der Waals surface area contributed by atoms with Gasteiger partial charge in [0.2, 0.25) is 0 Å². The maximum Gasteiger partial charge on any atom is 0.335 e. The summed E-state index contributed by atoms with van der Waals surface area (Å²) < 4.78 is 4.50. The molecule has 9 heteroatoms. The lowest BCUT2D eigenvalue weighted by molar-refractivity contribution is -0.387. The maximum absolute atomic E-state index is 10.9. The second-order valence-corrected chi connectivity index (χ2v) is 5.50. The Kier molecular flexibility index (Phi) is 3.76. The highest BCUT2D eigenvalue weighted by Crippen LogP contribution is 2.36. The van der Waals surface area contributed by atoms with Crippen molar-refractivity contribution in [3.63, 3.8) is 0 Å². The zero-order chi connectivity index (χ0) is 14.0. The summed E-state index contributed by atoms with van der Waals surface area (Å²) in [6, 6.07) is 3.65. The van der Waals surface area contributed by atoms with Crippen LogP contribution in [0.3, 0.4) is 0 Å². The van der Waals surface area contributed by atoms with Crippen molar-refractivity contribution in [2.45, 2.75) is 16.2 Å². The third-order valence-electron chi connectivity index (χ3n) is 2.11. The molecule has 19 heavy (non-hydrogen) atoms. The van der Waals surface area contributed by atoms with Gasteiger partial charge in [0, 0.05) is 6.07 Å². The monoisotopic (exact) mass is 297 g/mol. The topological polar surface area (TPSA) is 106 Å². The summed E-state index contributed by atoms with van der Waals surface area (Å²) in [5.41, 5.74) is -0.155. The van der Waals surface area contributed by atoms with Crippen LogP contribution in [0, 0.1) is 17.0 Å². The fourth-order valence-corrected chi connectivity index (χ4v) is 3.05. The van der Waals surface area contributed by atoms with Gasteiger partial charge in [0.25, 0.3) is 5.69 Å². The zero-order valence-corrected chi connectivity index (χ0v) is 11.2. The van der Waals surface area contributed by atoms with Gasteiger partial charge < -0.3 is 5.11 Å². The summed E-state index contributed by atoms with van der Waals surface area (Å²) in [6.45, 7) is 1.71. The molecule has 98 valence electrons. The second-order valence-electron chi connectivity index (χ2n) is 3.45. The SMILES string of the molecule is Cc1nsc(Sc2cc(C(=O)O)ccc2[N+](=O)[O-])n1. The number of nitrogens with zero attached hydrogens (tertiary/aromatic N) is 3. The predicted molar refractivity (Wildman–Crippen MR) is 68.8 cm³/mol. The van der Waals surface area contributed by atoms with Crippen LogP contribution in [0.5, 0.6) is 0 Å². The van der Waals surface area contributed by atoms with Crippen LogP contribution < -0.4 is 0 Å². The number of aromatic nitrogens is 2. The van der Waals surface area contributed by atoms with E-state index in [0.29, 0.717) is 10.2 Å². The van der Waals surface area contributed by atoms with Gasteiger partial charge in [-0.2, -0.15) is 4.37 Å². The largest absolute Gasteiger partial charge is 0.478 e. The molecule has 7 nitrogen and oxygen atoms in total. The number of aromatic carboxylic acids is 1. The summed E-state index contributed by atoms with van der Waals surface area (Å²) in [6.07, 6.45) is 0. The summed E-state index contributed by atoms with van der Waals surface area (Å²) in [5.74, 6) is -0.560. The Hall–Kier alpha value is -2.00. The van der Waals surface area contributed by atoms with Gasteiger partial charge in [-0.15, -0.1) is 0 Å². The Balaban J connectivity index is 2.42. The van der Waals surface area contributed by atoms with Crippen molar-refractivity contribution in [1.29, 1.82) is 0 Å². The quantitative estimate of drug-likeness (QED) is 0.682. The molecule has 1 aromatic heterocycles. The van der Waals surface area contributed by atoms with Crippen LogP contribution in [-0.4, -0.2) is 25.4 Å². The van der Waals surface area contributed by atoms with E-state index in [4.69, 9.17) is 5.11 Å². The highest BCUT2D eigenvalue weighted by atomic mass is 32.2. The minimum atomic E-state index is -1.13. The van der Waals surface area contributed by atoms with Crippen LogP contribution in [0.25, 0.3) is 0 Å². The number of carboxylic acids is 1. The van der Waals surface area contributed by atoms with E-state index in [9.17, 15) is 14.9 Å². The van der Waals surface area contributed by atoms with E-state index in [-0.39, 0.29) is 16.1 Å². The average Bonchev–Trinajstić information content (AvgIpc) is 2.74. The predicted octanol–water partition coefficient (Wildman–Crippen LogP) is 2.60. The highest BCUT2D eigenvalue weighted by molar-refractivity contribution is 8.01. The van der Waals surface area contributed by atoms with E-state index in [1.54, 1.807) is 6.92 Å². The fraction of sp³-hybridized carbons (Fsp3) is 0.100. The molecular formula is C10H7N3O4S2. The first-order valence-corrected chi connectivity index (χ1v) is 6.56. The molecule has 1 heterocycles. The van der Waals surface area contributed by atoms with Gasteiger partial charge in [0.1, 0.15) is 5.82 Å². The van der Waals surface area contributed by atoms with Gasteiger partial charge in [0.15, 0.2) is 4.34 Å². The van der Waals surface area contributed by atoms with Crippen LogP contribution in [-0.2, 0) is 0 Å². The Labute approximate surface area is 115 Å². The molecule has 0 fully saturated rings. The highest BCUT2D eigenvalue weighted by Gasteiger charge is 2.18. The molecule has 2 aromatic rings. The van der Waals surface area contributed by atoms with Crippen molar-refractivity contribution < 1.29 is 14.8 Å². The van der Waals surface area contributed by atoms with Gasteiger partial charge in [-0.25, -0.2) is 9.78 Å². The van der Waals surface area contributed by atoms with Gasteiger partial charge in [-0.3, -0.25) is 10.1 Å².